The zero-order valence-electron chi connectivity index (χ0n) is 9.18. The summed E-state index contributed by atoms with van der Waals surface area (Å²) in [5.41, 5.74) is 6.15. The van der Waals surface area contributed by atoms with Crippen molar-refractivity contribution in [1.82, 2.24) is 14.5 Å². The van der Waals surface area contributed by atoms with Gasteiger partial charge < -0.3 is 5.73 Å². The van der Waals surface area contributed by atoms with E-state index in [1.54, 1.807) is 6.92 Å². The molecule has 0 aliphatic carbocycles. The van der Waals surface area contributed by atoms with Crippen molar-refractivity contribution in [3.8, 4) is 0 Å². The van der Waals surface area contributed by atoms with E-state index in [0.717, 1.165) is 12.8 Å². The van der Waals surface area contributed by atoms with Crippen molar-refractivity contribution >= 4 is 10.0 Å². The van der Waals surface area contributed by atoms with E-state index >= 15 is 0 Å². The van der Waals surface area contributed by atoms with Gasteiger partial charge in [-0.25, -0.2) is 8.42 Å². The Bertz CT molecular complexity index is 468. The third-order valence-corrected chi connectivity index (χ3v) is 5.03. The molecular weight excluding hydrogens is 228 g/mol. The van der Waals surface area contributed by atoms with Crippen LogP contribution in [0.25, 0.3) is 0 Å². The molecule has 1 aromatic rings. The van der Waals surface area contributed by atoms with Crippen LogP contribution in [0, 0.1) is 6.92 Å². The lowest BCUT2D eigenvalue weighted by atomic mass is 10.2. The number of H-pyrrole nitrogens is 1. The minimum absolute atomic E-state index is 0.0701. The van der Waals surface area contributed by atoms with E-state index < -0.39 is 10.0 Å². The van der Waals surface area contributed by atoms with Crippen LogP contribution in [-0.2, 0) is 10.0 Å². The number of rotatable bonds is 3. The molecule has 1 atom stereocenters. The van der Waals surface area contributed by atoms with Crippen LogP contribution in [0.2, 0.25) is 0 Å². The zero-order valence-corrected chi connectivity index (χ0v) is 10.00. The third-order valence-electron chi connectivity index (χ3n) is 2.97. The van der Waals surface area contributed by atoms with Crippen LogP contribution in [0.5, 0.6) is 0 Å². The molecule has 1 aliphatic heterocycles. The van der Waals surface area contributed by atoms with E-state index in [0.29, 0.717) is 18.8 Å². The Balaban J connectivity index is 2.36. The van der Waals surface area contributed by atoms with Gasteiger partial charge in [-0.2, -0.15) is 9.40 Å². The smallest absolute Gasteiger partial charge is 0.246 e. The molecule has 7 heteroatoms. The molecule has 0 saturated carbocycles. The van der Waals surface area contributed by atoms with Crippen molar-refractivity contribution in [2.75, 3.05) is 13.1 Å². The molecule has 1 saturated heterocycles. The largest absolute Gasteiger partial charge is 0.329 e. The van der Waals surface area contributed by atoms with Crippen molar-refractivity contribution in [3.63, 3.8) is 0 Å². The molecule has 2 heterocycles. The van der Waals surface area contributed by atoms with E-state index in [9.17, 15) is 8.42 Å². The van der Waals surface area contributed by atoms with Gasteiger partial charge >= 0.3 is 0 Å². The highest BCUT2D eigenvalue weighted by Crippen LogP contribution is 2.26. The molecular formula is C9H16N4O2S. The van der Waals surface area contributed by atoms with Crippen molar-refractivity contribution in [2.24, 2.45) is 5.73 Å². The van der Waals surface area contributed by atoms with E-state index in [-0.39, 0.29) is 10.9 Å². The number of nitrogens with zero attached hydrogens (tertiary/aromatic N) is 2. The molecule has 1 fully saturated rings. The van der Waals surface area contributed by atoms with Crippen LogP contribution >= 0.6 is 0 Å². The molecule has 16 heavy (non-hydrogen) atoms. The van der Waals surface area contributed by atoms with E-state index in [4.69, 9.17) is 5.73 Å². The van der Waals surface area contributed by atoms with Crippen LogP contribution in [0.4, 0.5) is 0 Å². The van der Waals surface area contributed by atoms with Gasteiger partial charge in [0.1, 0.15) is 4.90 Å². The van der Waals surface area contributed by atoms with Gasteiger partial charge in [0.2, 0.25) is 10.0 Å². The van der Waals surface area contributed by atoms with Gasteiger partial charge in [-0.3, -0.25) is 5.10 Å². The number of hydrogen-bond acceptors (Lipinski definition) is 4. The molecule has 2 rings (SSSR count). The second-order valence-corrected chi connectivity index (χ2v) is 5.87. The van der Waals surface area contributed by atoms with Gasteiger partial charge in [-0.1, -0.05) is 0 Å². The van der Waals surface area contributed by atoms with Crippen LogP contribution in [-0.4, -0.2) is 42.1 Å². The molecule has 90 valence electrons. The average molecular weight is 244 g/mol. The fourth-order valence-corrected chi connectivity index (χ4v) is 3.91. The standard InChI is InChI=1S/C9H16N4O2S/c1-7-9(6-11-12-7)16(14,15)13-4-2-3-8(13)5-10/h6,8H,2-5,10H2,1H3,(H,11,12). The fraction of sp³-hybridized carbons (Fsp3) is 0.667. The molecule has 0 bridgehead atoms. The molecule has 0 radical (unpaired) electrons. The van der Waals surface area contributed by atoms with Gasteiger partial charge in [0, 0.05) is 19.1 Å². The highest BCUT2D eigenvalue weighted by molar-refractivity contribution is 7.89. The lowest BCUT2D eigenvalue weighted by molar-refractivity contribution is 0.393. The van der Waals surface area contributed by atoms with Crippen LogP contribution in [0.1, 0.15) is 18.5 Å². The predicted octanol–water partition coefficient (Wildman–Crippen LogP) is -0.170. The number of aryl methyl sites for hydroxylation is 1. The Morgan fingerprint density at radius 3 is 3.00 bits per heavy atom. The summed E-state index contributed by atoms with van der Waals surface area (Å²) in [4.78, 5) is 0.257. The minimum Gasteiger partial charge on any atom is -0.329 e. The second kappa shape index (κ2) is 4.15. The van der Waals surface area contributed by atoms with Gasteiger partial charge in [-0.15, -0.1) is 0 Å². The summed E-state index contributed by atoms with van der Waals surface area (Å²) in [6.45, 7) is 2.62. The van der Waals surface area contributed by atoms with Crippen molar-refractivity contribution in [3.05, 3.63) is 11.9 Å². The highest BCUT2D eigenvalue weighted by atomic mass is 32.2. The lowest BCUT2D eigenvalue weighted by Gasteiger charge is -2.22. The SMILES string of the molecule is Cc1[nH]ncc1S(=O)(=O)N1CCCC1CN. The van der Waals surface area contributed by atoms with Crippen LogP contribution in [0.3, 0.4) is 0 Å². The summed E-state index contributed by atoms with van der Waals surface area (Å²) in [6.07, 6.45) is 3.07. The average Bonchev–Trinajstić information content (AvgIpc) is 2.85. The van der Waals surface area contributed by atoms with Crippen LogP contribution in [0.15, 0.2) is 11.1 Å². The summed E-state index contributed by atoms with van der Waals surface area (Å²) in [5.74, 6) is 0. The topological polar surface area (TPSA) is 92.1 Å². The first-order chi connectivity index (χ1) is 7.57. The summed E-state index contributed by atoms with van der Waals surface area (Å²) in [6, 6.07) is -0.0701. The van der Waals surface area contributed by atoms with Crippen molar-refractivity contribution < 1.29 is 8.42 Å². The van der Waals surface area contributed by atoms with Crippen molar-refractivity contribution in [2.45, 2.75) is 30.7 Å². The van der Waals surface area contributed by atoms with E-state index in [1.807, 2.05) is 0 Å². The molecule has 0 amide bonds. The highest BCUT2D eigenvalue weighted by Gasteiger charge is 2.35. The number of sulfonamides is 1. The Morgan fingerprint density at radius 1 is 1.69 bits per heavy atom. The van der Waals surface area contributed by atoms with E-state index in [1.165, 1.54) is 10.5 Å². The van der Waals surface area contributed by atoms with E-state index in [2.05, 4.69) is 10.2 Å². The predicted molar refractivity (Wildman–Crippen MR) is 59.3 cm³/mol. The first-order valence-corrected chi connectivity index (χ1v) is 6.73. The summed E-state index contributed by atoms with van der Waals surface area (Å²) >= 11 is 0. The van der Waals surface area contributed by atoms with Crippen LogP contribution < -0.4 is 5.73 Å². The molecule has 6 nitrogen and oxygen atoms in total. The summed E-state index contributed by atoms with van der Waals surface area (Å²) in [7, 11) is -3.43. The lowest BCUT2D eigenvalue weighted by Crippen LogP contribution is -2.39. The molecule has 0 aromatic carbocycles. The molecule has 3 N–H and O–H groups in total. The number of aromatic amines is 1. The maximum Gasteiger partial charge on any atom is 0.246 e. The number of aromatic nitrogens is 2. The Hall–Kier alpha value is -0.920. The van der Waals surface area contributed by atoms with Gasteiger partial charge in [0.05, 0.1) is 11.9 Å². The first kappa shape index (κ1) is 11.6. The number of hydrogen-bond donors (Lipinski definition) is 2. The Labute approximate surface area is 94.9 Å². The number of nitrogens with two attached hydrogens (primary N) is 1. The molecule has 1 aromatic heterocycles. The number of nitrogens with one attached hydrogen (secondary N) is 1. The van der Waals surface area contributed by atoms with Gasteiger partial charge in [0.25, 0.3) is 0 Å². The quantitative estimate of drug-likeness (QED) is 0.772. The summed E-state index contributed by atoms with van der Waals surface area (Å²) < 4.78 is 26.1. The zero-order chi connectivity index (χ0) is 11.8. The van der Waals surface area contributed by atoms with Gasteiger partial charge in [0.15, 0.2) is 0 Å². The second-order valence-electron chi connectivity index (χ2n) is 4.01. The molecule has 1 unspecified atom stereocenters. The Kier molecular flexibility index (Phi) is 3.00. The normalized spacial score (nSPS) is 22.8. The minimum atomic E-state index is -3.43. The molecule has 1 aliphatic rings. The molecule has 0 spiro atoms. The maximum atomic E-state index is 12.3. The summed E-state index contributed by atoms with van der Waals surface area (Å²) in [5, 5.41) is 6.39. The van der Waals surface area contributed by atoms with Crippen molar-refractivity contribution in [1.29, 1.82) is 0 Å². The Morgan fingerprint density at radius 2 is 2.44 bits per heavy atom. The monoisotopic (exact) mass is 244 g/mol. The maximum absolute atomic E-state index is 12.3. The third kappa shape index (κ3) is 1.74. The van der Waals surface area contributed by atoms with Gasteiger partial charge in [-0.05, 0) is 19.8 Å². The fourth-order valence-electron chi connectivity index (χ4n) is 2.09. The first-order valence-electron chi connectivity index (χ1n) is 5.29.